The minimum atomic E-state index is -0.470. The van der Waals surface area contributed by atoms with Crippen LogP contribution < -0.4 is 24.3 Å². The van der Waals surface area contributed by atoms with Gasteiger partial charge in [0.2, 0.25) is 0 Å². The second kappa shape index (κ2) is 13.9. The number of nitrogens with zero attached hydrogens (tertiary/aromatic N) is 3. The van der Waals surface area contributed by atoms with Crippen LogP contribution in [-0.2, 0) is 6.61 Å². The van der Waals surface area contributed by atoms with Crippen molar-refractivity contribution in [2.24, 2.45) is 0 Å². The number of hydrogen-bond donors (Lipinski definition) is 1. The van der Waals surface area contributed by atoms with Crippen molar-refractivity contribution >= 4 is 23.0 Å². The molecule has 0 aromatic heterocycles. The molecule has 0 fully saturated rings. The lowest BCUT2D eigenvalue weighted by atomic mass is 9.85. The van der Waals surface area contributed by atoms with Crippen molar-refractivity contribution in [3.8, 4) is 34.1 Å². The molecule has 1 amide bonds. The van der Waals surface area contributed by atoms with E-state index in [-0.39, 0.29) is 23.6 Å². The van der Waals surface area contributed by atoms with Crippen LogP contribution in [0.4, 0.5) is 16.2 Å². The minimum absolute atomic E-state index is 0.0839. The lowest BCUT2D eigenvalue weighted by Crippen LogP contribution is -2.38. The number of methoxy groups -OCH3 is 2. The van der Waals surface area contributed by atoms with Crippen molar-refractivity contribution in [3.05, 3.63) is 75.8 Å². The zero-order chi connectivity index (χ0) is 32.9. The average Bonchev–Trinajstić information content (AvgIpc) is 2.99. The van der Waals surface area contributed by atoms with Crippen LogP contribution in [0.1, 0.15) is 38.8 Å². The molecule has 1 N–H and O–H groups in total. The van der Waals surface area contributed by atoms with E-state index in [0.717, 1.165) is 40.1 Å². The van der Waals surface area contributed by atoms with E-state index in [1.54, 1.807) is 24.1 Å². The highest BCUT2D eigenvalue weighted by Gasteiger charge is 2.28. The van der Waals surface area contributed by atoms with Crippen molar-refractivity contribution in [1.29, 1.82) is 0 Å². The van der Waals surface area contributed by atoms with E-state index < -0.39 is 11.0 Å². The smallest absolute Gasteiger partial charge is 0.415 e. The van der Waals surface area contributed by atoms with E-state index >= 15 is 0 Å². The van der Waals surface area contributed by atoms with Gasteiger partial charge in [0, 0.05) is 54.1 Å². The van der Waals surface area contributed by atoms with E-state index in [0.29, 0.717) is 30.3 Å². The van der Waals surface area contributed by atoms with Crippen molar-refractivity contribution in [2.75, 3.05) is 53.3 Å². The lowest BCUT2D eigenvalue weighted by Gasteiger charge is -2.33. The number of nitrogens with one attached hydrogen (secondary N) is 1. The monoisotopic (exact) mass is 618 g/mol. The number of fused-ring (bicyclic) bond motifs is 1. The zero-order valence-corrected chi connectivity index (χ0v) is 27.2. The van der Waals surface area contributed by atoms with Crippen LogP contribution in [-0.4, -0.2) is 74.3 Å². The highest BCUT2D eigenvalue weighted by Crippen LogP contribution is 2.44. The number of non-ortho nitro benzene ring substituents is 1. The number of likely N-dealkylation sites (N-methyl/N-ethyl adjacent to an activating group) is 2. The highest BCUT2D eigenvalue weighted by molar-refractivity contribution is 5.88. The maximum atomic E-state index is 12.9. The predicted octanol–water partition coefficient (Wildman–Crippen LogP) is 6.85. The van der Waals surface area contributed by atoms with Gasteiger partial charge in [0.05, 0.1) is 30.7 Å². The van der Waals surface area contributed by atoms with Gasteiger partial charge < -0.3 is 34.1 Å². The van der Waals surface area contributed by atoms with E-state index in [4.69, 9.17) is 18.9 Å². The third-order valence-electron chi connectivity index (χ3n) is 7.60. The molecule has 0 radical (unpaired) electrons. The number of ether oxygens (including phenoxy) is 4. The Labute approximate surface area is 264 Å². The topological polar surface area (TPSA) is 116 Å². The summed E-state index contributed by atoms with van der Waals surface area (Å²) < 4.78 is 23.2. The average molecular weight is 619 g/mol. The van der Waals surface area contributed by atoms with Gasteiger partial charge >= 0.3 is 6.09 Å². The van der Waals surface area contributed by atoms with E-state index in [1.807, 2.05) is 44.1 Å². The fourth-order valence-electron chi connectivity index (χ4n) is 5.47. The van der Waals surface area contributed by atoms with Gasteiger partial charge in [-0.1, -0.05) is 12.1 Å². The molecule has 45 heavy (non-hydrogen) atoms. The summed E-state index contributed by atoms with van der Waals surface area (Å²) in [5, 5.41) is 15.1. The Morgan fingerprint density at radius 1 is 0.956 bits per heavy atom. The maximum Gasteiger partial charge on any atom is 0.415 e. The third kappa shape index (κ3) is 7.66. The number of benzene rings is 3. The van der Waals surface area contributed by atoms with Crippen LogP contribution in [0.2, 0.25) is 0 Å². The summed E-state index contributed by atoms with van der Waals surface area (Å²) in [4.78, 5) is 27.6. The molecule has 11 nitrogen and oxygen atoms in total. The normalized spacial score (nSPS) is 13.3. The van der Waals surface area contributed by atoms with E-state index in [1.165, 1.54) is 25.3 Å². The van der Waals surface area contributed by atoms with Crippen LogP contribution in [0, 0.1) is 10.1 Å². The molecule has 0 saturated heterocycles. The van der Waals surface area contributed by atoms with Crippen molar-refractivity contribution < 1.29 is 28.7 Å². The molecule has 0 unspecified atom stereocenters. The van der Waals surface area contributed by atoms with Gasteiger partial charge in [0.15, 0.2) is 11.5 Å². The molecular weight excluding hydrogens is 576 g/mol. The summed E-state index contributed by atoms with van der Waals surface area (Å²) in [6, 6.07) is 13.6. The number of nitro benzene ring substituents is 1. The van der Waals surface area contributed by atoms with Gasteiger partial charge in [-0.25, -0.2) is 4.79 Å². The zero-order valence-electron chi connectivity index (χ0n) is 27.2. The summed E-state index contributed by atoms with van der Waals surface area (Å²) in [7, 11) is 6.97. The van der Waals surface area contributed by atoms with Gasteiger partial charge in [0.1, 0.15) is 18.1 Å². The first-order valence-corrected chi connectivity index (χ1v) is 14.8. The molecule has 0 saturated carbocycles. The molecule has 0 atom stereocenters. The highest BCUT2D eigenvalue weighted by atomic mass is 16.6. The Hall–Kier alpha value is -4.77. The molecule has 3 aromatic carbocycles. The molecule has 1 aliphatic rings. The standard InChI is InChI=1S/C34H42N4O7/c1-9-37(17-16-36(5)6)33(39)45-24-11-12-26(30(19-24)43-8)25-13-14-28-32(22(2)20-34(3,4)35-28)27(25)21-44-31-18-23(38(40)41)10-15-29(31)42-7/h10-15,18-20,35H,9,16-17,21H2,1-8H3. The quantitative estimate of drug-likeness (QED) is 0.172. The summed E-state index contributed by atoms with van der Waals surface area (Å²) >= 11 is 0. The molecule has 4 rings (SSSR count). The number of amides is 1. The Balaban J connectivity index is 1.75. The fourth-order valence-corrected chi connectivity index (χ4v) is 5.47. The number of nitro groups is 1. The molecule has 11 heteroatoms. The number of allylic oxidation sites excluding steroid dienone is 1. The summed E-state index contributed by atoms with van der Waals surface area (Å²) in [6.07, 6.45) is 1.73. The van der Waals surface area contributed by atoms with Crippen LogP contribution >= 0.6 is 0 Å². The summed E-state index contributed by atoms with van der Waals surface area (Å²) in [6.45, 7) is 10.0. The number of hydrogen-bond acceptors (Lipinski definition) is 9. The largest absolute Gasteiger partial charge is 0.496 e. The first-order valence-electron chi connectivity index (χ1n) is 14.8. The molecule has 3 aromatic rings. The van der Waals surface area contributed by atoms with Gasteiger partial charge in [-0.3, -0.25) is 10.1 Å². The van der Waals surface area contributed by atoms with Crippen molar-refractivity contribution in [2.45, 2.75) is 39.8 Å². The summed E-state index contributed by atoms with van der Waals surface area (Å²) in [5.41, 5.74) is 5.05. The minimum Gasteiger partial charge on any atom is -0.496 e. The summed E-state index contributed by atoms with van der Waals surface area (Å²) in [5.74, 6) is 1.51. The molecule has 0 bridgehead atoms. The lowest BCUT2D eigenvalue weighted by molar-refractivity contribution is -0.385. The molecule has 1 heterocycles. The van der Waals surface area contributed by atoms with Crippen LogP contribution in [0.3, 0.4) is 0 Å². The number of rotatable bonds is 12. The molecule has 240 valence electrons. The van der Waals surface area contributed by atoms with Crippen molar-refractivity contribution in [1.82, 2.24) is 9.80 Å². The van der Waals surface area contributed by atoms with E-state index in [9.17, 15) is 14.9 Å². The van der Waals surface area contributed by atoms with Crippen LogP contribution in [0.25, 0.3) is 16.7 Å². The number of anilines is 1. The Bertz CT molecular complexity index is 1600. The van der Waals surface area contributed by atoms with Gasteiger partial charge in [-0.2, -0.15) is 0 Å². The number of carbonyl (C=O) groups is 1. The molecule has 0 aliphatic carbocycles. The fraction of sp³-hybridized carbons (Fsp3) is 0.382. The van der Waals surface area contributed by atoms with E-state index in [2.05, 4.69) is 32.2 Å². The third-order valence-corrected chi connectivity index (χ3v) is 7.60. The second-order valence-corrected chi connectivity index (χ2v) is 11.7. The van der Waals surface area contributed by atoms with Gasteiger partial charge in [-0.05, 0) is 77.2 Å². The number of carbonyl (C=O) groups excluding carboxylic acids is 1. The Kier molecular flexibility index (Phi) is 10.2. The van der Waals surface area contributed by atoms with Gasteiger partial charge in [-0.15, -0.1) is 0 Å². The maximum absolute atomic E-state index is 12.9. The Morgan fingerprint density at radius 2 is 1.67 bits per heavy atom. The molecule has 1 aliphatic heterocycles. The molecular formula is C34H42N4O7. The van der Waals surface area contributed by atoms with Crippen molar-refractivity contribution in [3.63, 3.8) is 0 Å². The predicted molar refractivity (Wildman–Crippen MR) is 176 cm³/mol. The van der Waals surface area contributed by atoms with Gasteiger partial charge in [0.25, 0.3) is 5.69 Å². The first-order chi connectivity index (χ1) is 21.4. The van der Waals surface area contributed by atoms with Crippen LogP contribution in [0.15, 0.2) is 54.6 Å². The van der Waals surface area contributed by atoms with Crippen LogP contribution in [0.5, 0.6) is 23.0 Å². The Morgan fingerprint density at radius 3 is 2.31 bits per heavy atom. The second-order valence-electron chi connectivity index (χ2n) is 11.7. The SMILES string of the molecule is CCN(CCN(C)C)C(=O)Oc1ccc(-c2ccc3c(c2COc2cc([N+](=O)[O-])ccc2OC)C(C)=CC(C)(C)N3)c(OC)c1. The molecule has 0 spiro atoms. The first kappa shape index (κ1) is 33.1.